The second-order valence-electron chi connectivity index (χ2n) is 4.91. The van der Waals surface area contributed by atoms with Gasteiger partial charge in [0.15, 0.2) is 0 Å². The number of benzene rings is 1. The van der Waals surface area contributed by atoms with Crippen LogP contribution in [0.2, 0.25) is 0 Å². The molecule has 1 aromatic heterocycles. The molecule has 1 heterocycles. The monoisotopic (exact) mass is 259 g/mol. The van der Waals surface area contributed by atoms with Gasteiger partial charge < -0.3 is 4.90 Å². The van der Waals surface area contributed by atoms with Crippen molar-refractivity contribution in [3.63, 3.8) is 0 Å². The molecule has 0 atom stereocenters. The first kappa shape index (κ1) is 13.5. The third-order valence-electron chi connectivity index (χ3n) is 2.88. The fraction of sp³-hybridized carbons (Fsp3) is 0.333. The van der Waals surface area contributed by atoms with Gasteiger partial charge in [0.2, 0.25) is 0 Å². The Morgan fingerprint density at radius 2 is 2.05 bits per heavy atom. The molecule has 3 nitrogen and oxygen atoms in total. The molecule has 0 saturated carbocycles. The van der Waals surface area contributed by atoms with E-state index >= 15 is 0 Å². The maximum atomic E-state index is 13.1. The molecule has 0 aliphatic carbocycles. The number of nitrogens with zero attached hydrogens (tertiary/aromatic N) is 3. The highest BCUT2D eigenvalue weighted by molar-refractivity contribution is 5.38. The van der Waals surface area contributed by atoms with Crippen LogP contribution in [0.1, 0.15) is 31.2 Å². The van der Waals surface area contributed by atoms with E-state index in [1.807, 2.05) is 24.1 Å². The second-order valence-corrected chi connectivity index (χ2v) is 4.91. The van der Waals surface area contributed by atoms with E-state index in [4.69, 9.17) is 0 Å². The molecule has 0 spiro atoms. The molecule has 0 saturated heterocycles. The van der Waals surface area contributed by atoms with Crippen molar-refractivity contribution in [3.05, 3.63) is 53.7 Å². The first-order chi connectivity index (χ1) is 9.06. The van der Waals surface area contributed by atoms with E-state index in [2.05, 4.69) is 23.8 Å². The lowest BCUT2D eigenvalue weighted by atomic mass is 10.2. The van der Waals surface area contributed by atoms with E-state index < -0.39 is 0 Å². The predicted molar refractivity (Wildman–Crippen MR) is 74.6 cm³/mol. The van der Waals surface area contributed by atoms with Crippen LogP contribution in [0.3, 0.4) is 0 Å². The van der Waals surface area contributed by atoms with Crippen molar-refractivity contribution in [1.29, 1.82) is 0 Å². The van der Waals surface area contributed by atoms with E-state index in [1.54, 1.807) is 18.3 Å². The highest BCUT2D eigenvalue weighted by atomic mass is 19.1. The molecule has 2 aromatic rings. The van der Waals surface area contributed by atoms with E-state index in [0.29, 0.717) is 12.5 Å². The Hall–Kier alpha value is -1.97. The van der Waals surface area contributed by atoms with Crippen molar-refractivity contribution < 1.29 is 4.39 Å². The first-order valence-electron chi connectivity index (χ1n) is 6.35. The van der Waals surface area contributed by atoms with Crippen LogP contribution in [0.15, 0.2) is 36.5 Å². The summed E-state index contributed by atoms with van der Waals surface area (Å²) < 4.78 is 13.1. The molecule has 4 heteroatoms. The standard InChI is InChI=1S/C15H18FN3/c1-11(2)15-17-8-7-14(18-15)19(3)10-12-5-4-6-13(16)9-12/h4-9,11H,10H2,1-3H3. The van der Waals surface area contributed by atoms with Crippen LogP contribution in [0, 0.1) is 5.82 Å². The third kappa shape index (κ3) is 3.50. The van der Waals surface area contributed by atoms with Gasteiger partial charge in [0.05, 0.1) is 0 Å². The highest BCUT2D eigenvalue weighted by Crippen LogP contribution is 2.16. The number of hydrogen-bond acceptors (Lipinski definition) is 3. The molecule has 0 aliphatic rings. The Bertz CT molecular complexity index is 555. The predicted octanol–water partition coefficient (Wildman–Crippen LogP) is 3.38. The van der Waals surface area contributed by atoms with Gasteiger partial charge in [-0.05, 0) is 23.8 Å². The van der Waals surface area contributed by atoms with Crippen molar-refractivity contribution in [2.75, 3.05) is 11.9 Å². The SMILES string of the molecule is CC(C)c1nccc(N(C)Cc2cccc(F)c2)n1. The molecule has 0 N–H and O–H groups in total. The molecule has 100 valence electrons. The summed E-state index contributed by atoms with van der Waals surface area (Å²) in [6.07, 6.45) is 1.76. The Labute approximate surface area is 113 Å². The fourth-order valence-corrected chi connectivity index (χ4v) is 1.84. The van der Waals surface area contributed by atoms with Gasteiger partial charge in [-0.15, -0.1) is 0 Å². The average Bonchev–Trinajstić information content (AvgIpc) is 2.39. The molecule has 0 amide bonds. The summed E-state index contributed by atoms with van der Waals surface area (Å²) >= 11 is 0. The van der Waals surface area contributed by atoms with Crippen LogP contribution in [0.25, 0.3) is 0 Å². The van der Waals surface area contributed by atoms with Crippen molar-refractivity contribution >= 4 is 5.82 Å². The Kier molecular flexibility index (Phi) is 4.10. The van der Waals surface area contributed by atoms with Crippen molar-refractivity contribution in [1.82, 2.24) is 9.97 Å². The molecule has 2 rings (SSSR count). The molecule has 19 heavy (non-hydrogen) atoms. The fourth-order valence-electron chi connectivity index (χ4n) is 1.84. The van der Waals surface area contributed by atoms with Gasteiger partial charge in [-0.2, -0.15) is 0 Å². The van der Waals surface area contributed by atoms with Crippen LogP contribution in [0.5, 0.6) is 0 Å². The number of aromatic nitrogens is 2. The van der Waals surface area contributed by atoms with E-state index in [0.717, 1.165) is 17.2 Å². The molecular weight excluding hydrogens is 241 g/mol. The van der Waals surface area contributed by atoms with Crippen LogP contribution in [-0.4, -0.2) is 17.0 Å². The maximum absolute atomic E-state index is 13.1. The second kappa shape index (κ2) is 5.78. The van der Waals surface area contributed by atoms with Crippen molar-refractivity contribution in [2.45, 2.75) is 26.3 Å². The number of halogens is 1. The van der Waals surface area contributed by atoms with Gasteiger partial charge in [0.1, 0.15) is 17.5 Å². The van der Waals surface area contributed by atoms with Gasteiger partial charge in [-0.1, -0.05) is 26.0 Å². The summed E-state index contributed by atoms with van der Waals surface area (Å²) in [6, 6.07) is 8.49. The summed E-state index contributed by atoms with van der Waals surface area (Å²) in [5, 5.41) is 0. The lowest BCUT2D eigenvalue weighted by Crippen LogP contribution is -2.18. The molecule has 1 aromatic carbocycles. The largest absolute Gasteiger partial charge is 0.355 e. The summed E-state index contributed by atoms with van der Waals surface area (Å²) in [7, 11) is 1.94. The summed E-state index contributed by atoms with van der Waals surface area (Å²) in [6.45, 7) is 4.74. The number of rotatable bonds is 4. The molecule has 0 unspecified atom stereocenters. The quantitative estimate of drug-likeness (QED) is 0.843. The smallest absolute Gasteiger partial charge is 0.133 e. The summed E-state index contributed by atoms with van der Waals surface area (Å²) in [5.41, 5.74) is 0.923. The normalized spacial score (nSPS) is 10.8. The van der Waals surface area contributed by atoms with Gasteiger partial charge in [-0.3, -0.25) is 0 Å². The Morgan fingerprint density at radius 1 is 1.26 bits per heavy atom. The topological polar surface area (TPSA) is 29.0 Å². The Balaban J connectivity index is 2.15. The molecule has 0 fully saturated rings. The molecular formula is C15H18FN3. The van der Waals surface area contributed by atoms with E-state index in [-0.39, 0.29) is 5.82 Å². The van der Waals surface area contributed by atoms with Crippen molar-refractivity contribution in [2.24, 2.45) is 0 Å². The first-order valence-corrected chi connectivity index (χ1v) is 6.35. The minimum absolute atomic E-state index is 0.212. The van der Waals surface area contributed by atoms with Crippen LogP contribution in [-0.2, 0) is 6.54 Å². The molecule has 0 aliphatic heterocycles. The molecule has 0 radical (unpaired) electrons. The Morgan fingerprint density at radius 3 is 2.74 bits per heavy atom. The van der Waals surface area contributed by atoms with Gasteiger partial charge in [-0.25, -0.2) is 14.4 Å². The van der Waals surface area contributed by atoms with E-state index in [1.165, 1.54) is 6.07 Å². The lowest BCUT2D eigenvalue weighted by molar-refractivity contribution is 0.625. The number of anilines is 1. The maximum Gasteiger partial charge on any atom is 0.133 e. The van der Waals surface area contributed by atoms with Gasteiger partial charge in [0.25, 0.3) is 0 Å². The molecule has 0 bridgehead atoms. The van der Waals surface area contributed by atoms with Crippen LogP contribution >= 0.6 is 0 Å². The van der Waals surface area contributed by atoms with Gasteiger partial charge in [0, 0.05) is 25.7 Å². The van der Waals surface area contributed by atoms with Crippen LogP contribution < -0.4 is 4.90 Å². The highest BCUT2D eigenvalue weighted by Gasteiger charge is 2.08. The van der Waals surface area contributed by atoms with E-state index in [9.17, 15) is 4.39 Å². The number of hydrogen-bond donors (Lipinski definition) is 0. The third-order valence-corrected chi connectivity index (χ3v) is 2.88. The zero-order chi connectivity index (χ0) is 13.8. The minimum Gasteiger partial charge on any atom is -0.355 e. The zero-order valence-corrected chi connectivity index (χ0v) is 11.5. The van der Waals surface area contributed by atoms with Gasteiger partial charge >= 0.3 is 0 Å². The average molecular weight is 259 g/mol. The van der Waals surface area contributed by atoms with Crippen LogP contribution in [0.4, 0.5) is 10.2 Å². The summed E-state index contributed by atoms with van der Waals surface area (Å²) in [4.78, 5) is 10.7. The lowest BCUT2D eigenvalue weighted by Gasteiger charge is -2.19. The minimum atomic E-state index is -0.212. The summed E-state index contributed by atoms with van der Waals surface area (Å²) in [5.74, 6) is 1.76. The zero-order valence-electron chi connectivity index (χ0n) is 11.5. The van der Waals surface area contributed by atoms with Crippen molar-refractivity contribution in [3.8, 4) is 0 Å².